The first kappa shape index (κ1) is 16.8. The van der Waals surface area contributed by atoms with Gasteiger partial charge in [0.05, 0.1) is 6.54 Å². The fraction of sp³-hybridized carbons (Fsp3) is 0.611. The molecule has 1 saturated carbocycles. The molecule has 0 aliphatic heterocycles. The van der Waals surface area contributed by atoms with Crippen LogP contribution in [0, 0.1) is 12.8 Å². The smallest absolute Gasteiger partial charge is 0.191 e. The molecule has 1 atom stereocenters. The molecule has 22 heavy (non-hydrogen) atoms. The van der Waals surface area contributed by atoms with Crippen molar-refractivity contribution in [2.24, 2.45) is 10.9 Å². The summed E-state index contributed by atoms with van der Waals surface area (Å²) in [7, 11) is 4.34. The molecular formula is C18H30N4. The van der Waals surface area contributed by atoms with Gasteiger partial charge in [0.25, 0.3) is 0 Å². The van der Waals surface area contributed by atoms with E-state index in [0.29, 0.717) is 6.04 Å². The Kier molecular flexibility index (Phi) is 6.25. The molecular weight excluding hydrogens is 272 g/mol. The lowest BCUT2D eigenvalue weighted by Crippen LogP contribution is -2.46. The van der Waals surface area contributed by atoms with Gasteiger partial charge in [-0.25, -0.2) is 4.99 Å². The van der Waals surface area contributed by atoms with E-state index in [9.17, 15) is 0 Å². The summed E-state index contributed by atoms with van der Waals surface area (Å²) in [6.45, 7) is 6.81. The highest BCUT2D eigenvalue weighted by Crippen LogP contribution is 2.34. The van der Waals surface area contributed by atoms with Gasteiger partial charge in [0.2, 0.25) is 0 Å². The van der Waals surface area contributed by atoms with Gasteiger partial charge in [-0.15, -0.1) is 0 Å². The van der Waals surface area contributed by atoms with Gasteiger partial charge in [-0.3, -0.25) is 0 Å². The summed E-state index contributed by atoms with van der Waals surface area (Å²) in [5, 5.41) is 6.86. The highest BCUT2D eigenvalue weighted by Gasteiger charge is 2.32. The normalized spacial score (nSPS) is 16.7. The van der Waals surface area contributed by atoms with Crippen molar-refractivity contribution < 1.29 is 0 Å². The van der Waals surface area contributed by atoms with Crippen LogP contribution in [0.2, 0.25) is 0 Å². The number of hydrogen-bond donors (Lipinski definition) is 2. The maximum absolute atomic E-state index is 4.73. The van der Waals surface area contributed by atoms with Crippen molar-refractivity contribution in [1.82, 2.24) is 15.5 Å². The summed E-state index contributed by atoms with van der Waals surface area (Å²) in [5.74, 6) is 1.76. The lowest BCUT2D eigenvalue weighted by molar-refractivity contribution is 0.264. The minimum atomic E-state index is 0.599. The fourth-order valence-corrected chi connectivity index (χ4v) is 2.75. The van der Waals surface area contributed by atoms with Crippen LogP contribution in [-0.2, 0) is 6.54 Å². The highest BCUT2D eigenvalue weighted by atomic mass is 15.2. The van der Waals surface area contributed by atoms with Crippen LogP contribution in [-0.4, -0.2) is 44.1 Å². The minimum absolute atomic E-state index is 0.599. The molecule has 0 saturated heterocycles. The zero-order chi connectivity index (χ0) is 15.9. The molecule has 0 radical (unpaired) electrons. The van der Waals surface area contributed by atoms with Crippen molar-refractivity contribution in [2.75, 3.05) is 27.2 Å². The van der Waals surface area contributed by atoms with Crippen LogP contribution in [0.5, 0.6) is 0 Å². The van der Waals surface area contributed by atoms with Crippen LogP contribution < -0.4 is 10.6 Å². The Hall–Kier alpha value is -1.55. The summed E-state index contributed by atoms with van der Waals surface area (Å²) in [6.07, 6.45) is 2.73. The fourth-order valence-electron chi connectivity index (χ4n) is 2.75. The molecule has 1 aliphatic carbocycles. The average Bonchev–Trinajstić information content (AvgIpc) is 3.30. The number of benzene rings is 1. The maximum Gasteiger partial charge on any atom is 0.191 e. The van der Waals surface area contributed by atoms with E-state index in [1.54, 1.807) is 0 Å². The van der Waals surface area contributed by atoms with E-state index in [1.165, 1.54) is 24.0 Å². The van der Waals surface area contributed by atoms with E-state index in [1.807, 2.05) is 0 Å². The third-order valence-electron chi connectivity index (χ3n) is 4.32. The van der Waals surface area contributed by atoms with Gasteiger partial charge in [-0.05, 0) is 57.8 Å². The largest absolute Gasteiger partial charge is 0.357 e. The Bertz CT molecular complexity index is 490. The van der Waals surface area contributed by atoms with E-state index in [0.717, 1.165) is 31.5 Å². The SMILES string of the molecule is CCNC(=NCc1ccccc1C)NCC(C1CC1)N(C)C. The molecule has 0 amide bonds. The summed E-state index contributed by atoms with van der Waals surface area (Å²) in [6, 6.07) is 9.04. The standard InChI is InChI=1S/C18H30N4/c1-5-19-18(20-12-16-9-7-6-8-14(16)2)21-13-17(22(3)4)15-10-11-15/h6-9,15,17H,5,10-13H2,1-4H3,(H2,19,20,21). The molecule has 122 valence electrons. The first-order chi connectivity index (χ1) is 10.6. The van der Waals surface area contributed by atoms with Gasteiger partial charge in [0, 0.05) is 19.1 Å². The first-order valence-electron chi connectivity index (χ1n) is 8.35. The third-order valence-corrected chi connectivity index (χ3v) is 4.32. The monoisotopic (exact) mass is 302 g/mol. The molecule has 1 aromatic rings. The van der Waals surface area contributed by atoms with E-state index in [2.05, 4.69) is 67.7 Å². The molecule has 2 rings (SSSR count). The second kappa shape index (κ2) is 8.18. The number of likely N-dealkylation sites (N-methyl/N-ethyl adjacent to an activating group) is 1. The van der Waals surface area contributed by atoms with Crippen molar-refractivity contribution in [2.45, 2.75) is 39.3 Å². The second-order valence-electron chi connectivity index (χ2n) is 6.37. The molecule has 2 N–H and O–H groups in total. The minimum Gasteiger partial charge on any atom is -0.357 e. The Labute approximate surface area is 135 Å². The molecule has 0 bridgehead atoms. The summed E-state index contributed by atoms with van der Waals surface area (Å²) in [4.78, 5) is 7.06. The van der Waals surface area contributed by atoms with Crippen LogP contribution >= 0.6 is 0 Å². The molecule has 4 nitrogen and oxygen atoms in total. The number of nitrogens with one attached hydrogen (secondary N) is 2. The highest BCUT2D eigenvalue weighted by molar-refractivity contribution is 5.79. The summed E-state index contributed by atoms with van der Waals surface area (Å²) < 4.78 is 0. The maximum atomic E-state index is 4.73. The van der Waals surface area contributed by atoms with Gasteiger partial charge >= 0.3 is 0 Å². The molecule has 0 aromatic heterocycles. The van der Waals surface area contributed by atoms with E-state index in [4.69, 9.17) is 4.99 Å². The lowest BCUT2D eigenvalue weighted by Gasteiger charge is -2.25. The van der Waals surface area contributed by atoms with Crippen molar-refractivity contribution in [3.63, 3.8) is 0 Å². The Morgan fingerprint density at radius 1 is 1.27 bits per heavy atom. The topological polar surface area (TPSA) is 39.7 Å². The number of rotatable bonds is 7. The van der Waals surface area contributed by atoms with E-state index < -0.39 is 0 Å². The number of aryl methyl sites for hydroxylation is 1. The predicted molar refractivity (Wildman–Crippen MR) is 94.2 cm³/mol. The molecule has 1 aromatic carbocycles. The summed E-state index contributed by atoms with van der Waals surface area (Å²) in [5.41, 5.74) is 2.58. The van der Waals surface area contributed by atoms with E-state index in [-0.39, 0.29) is 0 Å². The van der Waals surface area contributed by atoms with Crippen LogP contribution in [0.15, 0.2) is 29.3 Å². The third kappa shape index (κ3) is 5.02. The van der Waals surface area contributed by atoms with Crippen molar-refractivity contribution in [3.8, 4) is 0 Å². The zero-order valence-corrected chi connectivity index (χ0v) is 14.4. The predicted octanol–water partition coefficient (Wildman–Crippen LogP) is 2.39. The first-order valence-corrected chi connectivity index (χ1v) is 8.35. The molecule has 1 aliphatic rings. The second-order valence-corrected chi connectivity index (χ2v) is 6.37. The molecule has 0 heterocycles. The van der Waals surface area contributed by atoms with Gasteiger partial charge < -0.3 is 15.5 Å². The van der Waals surface area contributed by atoms with Gasteiger partial charge in [-0.1, -0.05) is 24.3 Å². The van der Waals surface area contributed by atoms with Crippen molar-refractivity contribution in [3.05, 3.63) is 35.4 Å². The lowest BCUT2D eigenvalue weighted by atomic mass is 10.1. The van der Waals surface area contributed by atoms with Gasteiger partial charge in [-0.2, -0.15) is 0 Å². The Balaban J connectivity index is 1.93. The Morgan fingerprint density at radius 3 is 2.59 bits per heavy atom. The molecule has 1 unspecified atom stereocenters. The van der Waals surface area contributed by atoms with Crippen molar-refractivity contribution >= 4 is 5.96 Å². The molecule has 1 fully saturated rings. The van der Waals surface area contributed by atoms with Crippen LogP contribution in [0.25, 0.3) is 0 Å². The number of nitrogens with zero attached hydrogens (tertiary/aromatic N) is 2. The van der Waals surface area contributed by atoms with E-state index >= 15 is 0 Å². The van der Waals surface area contributed by atoms with Crippen molar-refractivity contribution in [1.29, 1.82) is 0 Å². The van der Waals surface area contributed by atoms with Crippen LogP contribution in [0.4, 0.5) is 0 Å². The number of aliphatic imine (C=N–C) groups is 1. The van der Waals surface area contributed by atoms with Crippen LogP contribution in [0.3, 0.4) is 0 Å². The quantitative estimate of drug-likeness (QED) is 0.600. The molecule has 4 heteroatoms. The van der Waals surface area contributed by atoms with Crippen LogP contribution in [0.1, 0.15) is 30.9 Å². The van der Waals surface area contributed by atoms with Gasteiger partial charge in [0.1, 0.15) is 0 Å². The number of guanidine groups is 1. The Morgan fingerprint density at radius 2 is 2.00 bits per heavy atom. The van der Waals surface area contributed by atoms with Gasteiger partial charge in [0.15, 0.2) is 5.96 Å². The molecule has 0 spiro atoms. The average molecular weight is 302 g/mol. The number of hydrogen-bond acceptors (Lipinski definition) is 2. The zero-order valence-electron chi connectivity index (χ0n) is 14.4. The summed E-state index contributed by atoms with van der Waals surface area (Å²) >= 11 is 0.